The van der Waals surface area contributed by atoms with Crippen LogP contribution in [0.5, 0.6) is 0 Å². The molecule has 4 nitrogen and oxygen atoms in total. The highest BCUT2D eigenvalue weighted by Crippen LogP contribution is 2.39. The van der Waals surface area contributed by atoms with E-state index in [2.05, 4.69) is 37.0 Å². The molecule has 1 N–H and O–H groups in total. The van der Waals surface area contributed by atoms with Gasteiger partial charge in [0.1, 0.15) is 5.69 Å². The van der Waals surface area contributed by atoms with Gasteiger partial charge in [-0.25, -0.2) is 0 Å². The molecule has 0 aliphatic heterocycles. The molecule has 0 radical (unpaired) electrons. The van der Waals surface area contributed by atoms with Crippen LogP contribution in [0.15, 0.2) is 41.6 Å². The number of Topliss-reactive ketones (excluding diaryl/α,β-unsaturated/α-hetero) is 1. The molecule has 2 aromatic carbocycles. The van der Waals surface area contributed by atoms with Crippen molar-refractivity contribution < 1.29 is 4.79 Å². The Balaban J connectivity index is 2.28. The lowest BCUT2D eigenvalue weighted by molar-refractivity contribution is 0.101. The summed E-state index contributed by atoms with van der Waals surface area (Å²) in [5.41, 5.74) is 6.37. The minimum atomic E-state index is 0.0215. The van der Waals surface area contributed by atoms with E-state index in [1.165, 1.54) is 0 Å². The van der Waals surface area contributed by atoms with Crippen molar-refractivity contribution in [1.29, 1.82) is 0 Å². The predicted molar refractivity (Wildman–Crippen MR) is 111 cm³/mol. The third-order valence-electron chi connectivity index (χ3n) is 5.13. The van der Waals surface area contributed by atoms with Crippen LogP contribution in [0.2, 0.25) is 0 Å². The third kappa shape index (κ3) is 3.57. The highest BCUT2D eigenvalue weighted by Gasteiger charge is 2.23. The molecule has 27 heavy (non-hydrogen) atoms. The van der Waals surface area contributed by atoms with Gasteiger partial charge in [-0.3, -0.25) is 4.79 Å². The summed E-state index contributed by atoms with van der Waals surface area (Å²) in [6, 6.07) is 11.6. The average molecular weight is 362 g/mol. The number of para-hydroxylation sites is 1. The number of nitroso groups, excluding NO2 is 1. The van der Waals surface area contributed by atoms with Crippen LogP contribution in [0.3, 0.4) is 0 Å². The van der Waals surface area contributed by atoms with Gasteiger partial charge in [0.25, 0.3) is 0 Å². The van der Waals surface area contributed by atoms with E-state index in [0.29, 0.717) is 11.6 Å². The Morgan fingerprint density at radius 3 is 2.52 bits per heavy atom. The van der Waals surface area contributed by atoms with Crippen molar-refractivity contribution in [3.05, 3.63) is 69.3 Å². The van der Waals surface area contributed by atoms with Crippen LogP contribution in [0, 0.1) is 17.7 Å². The number of nitrogens with zero attached hydrogens (tertiary/aromatic N) is 1. The van der Waals surface area contributed by atoms with E-state index in [4.69, 9.17) is 0 Å². The number of carbonyl (C=O) groups excluding carboxylic acids is 1. The van der Waals surface area contributed by atoms with E-state index in [0.717, 1.165) is 45.3 Å². The zero-order valence-electron chi connectivity index (χ0n) is 16.6. The number of aromatic amines is 1. The minimum absolute atomic E-state index is 0.0215. The number of benzene rings is 2. The van der Waals surface area contributed by atoms with Crippen LogP contribution >= 0.6 is 0 Å². The van der Waals surface area contributed by atoms with Crippen LogP contribution in [0.4, 0.5) is 5.69 Å². The molecule has 1 unspecified atom stereocenters. The molecule has 0 bridgehead atoms. The fraction of sp³-hybridized carbons (Fsp3) is 0.348. The maximum atomic E-state index is 12.2. The summed E-state index contributed by atoms with van der Waals surface area (Å²) in [5, 5.41) is 4.19. The third-order valence-corrected chi connectivity index (χ3v) is 5.13. The number of hydrogen-bond donors (Lipinski definition) is 1. The van der Waals surface area contributed by atoms with Gasteiger partial charge in [-0.2, -0.15) is 0 Å². The van der Waals surface area contributed by atoms with Crippen molar-refractivity contribution in [2.45, 2.75) is 47.0 Å². The highest BCUT2D eigenvalue weighted by molar-refractivity contribution is 5.97. The molecule has 1 aromatic heterocycles. The zero-order valence-corrected chi connectivity index (χ0v) is 16.6. The van der Waals surface area contributed by atoms with E-state index in [9.17, 15) is 9.70 Å². The molecular weight excluding hydrogens is 336 g/mol. The van der Waals surface area contributed by atoms with E-state index in [-0.39, 0.29) is 11.7 Å². The van der Waals surface area contributed by atoms with Crippen molar-refractivity contribution in [3.8, 4) is 0 Å². The zero-order chi connectivity index (χ0) is 19.7. The lowest BCUT2D eigenvalue weighted by atomic mass is 9.85. The van der Waals surface area contributed by atoms with Crippen molar-refractivity contribution in [2.24, 2.45) is 11.1 Å². The van der Waals surface area contributed by atoms with Crippen LogP contribution < -0.4 is 0 Å². The van der Waals surface area contributed by atoms with Crippen molar-refractivity contribution in [2.75, 3.05) is 0 Å². The molecule has 3 rings (SSSR count). The number of ketones is 1. The molecule has 1 atom stereocenters. The summed E-state index contributed by atoms with van der Waals surface area (Å²) in [4.78, 5) is 26.9. The number of aromatic nitrogens is 1. The highest BCUT2D eigenvalue weighted by atomic mass is 16.3. The molecule has 1 heterocycles. The van der Waals surface area contributed by atoms with Crippen LogP contribution in [-0.4, -0.2) is 10.8 Å². The normalized spacial score (nSPS) is 12.5. The SMILES string of the molecule is CC(=O)c1ccc(C)cc1C(C)c1c(CC(C)C)[nH]c2c(N=O)cccc12. The molecule has 140 valence electrons. The van der Waals surface area contributed by atoms with Crippen molar-refractivity contribution in [1.82, 2.24) is 4.98 Å². The predicted octanol–water partition coefficient (Wildman–Crippen LogP) is 6.43. The second-order valence-electron chi connectivity index (χ2n) is 7.77. The summed E-state index contributed by atoms with van der Waals surface area (Å²) in [6.07, 6.45) is 0.869. The molecule has 0 saturated carbocycles. The molecule has 0 saturated heterocycles. The summed E-state index contributed by atoms with van der Waals surface area (Å²) in [5.74, 6) is 0.548. The quantitative estimate of drug-likeness (QED) is 0.406. The van der Waals surface area contributed by atoms with Crippen LogP contribution in [0.25, 0.3) is 10.9 Å². The standard InChI is InChI=1S/C23H26N2O2/c1-13(2)11-21-22(18-7-6-8-20(25-27)23(18)24-21)15(4)19-12-14(3)9-10-17(19)16(5)26/h6-10,12-13,15,24H,11H2,1-5H3. The maximum absolute atomic E-state index is 12.2. The molecule has 0 amide bonds. The monoisotopic (exact) mass is 362 g/mol. The van der Waals surface area contributed by atoms with Gasteiger partial charge < -0.3 is 4.98 Å². The van der Waals surface area contributed by atoms with Gasteiger partial charge in [-0.1, -0.05) is 56.7 Å². The number of carbonyl (C=O) groups is 1. The summed E-state index contributed by atoms with van der Waals surface area (Å²) >= 11 is 0. The molecule has 0 fully saturated rings. The van der Waals surface area contributed by atoms with E-state index in [1.807, 2.05) is 31.2 Å². The van der Waals surface area contributed by atoms with Gasteiger partial charge in [0.2, 0.25) is 0 Å². The number of rotatable bonds is 6. The molecule has 4 heteroatoms. The Hall–Kier alpha value is -2.75. The Bertz CT molecular complexity index is 1010. The molecule has 0 spiro atoms. The maximum Gasteiger partial charge on any atom is 0.160 e. The summed E-state index contributed by atoms with van der Waals surface area (Å²) in [7, 11) is 0. The summed E-state index contributed by atoms with van der Waals surface area (Å²) in [6.45, 7) is 10.1. The number of fused-ring (bicyclic) bond motifs is 1. The van der Waals surface area contributed by atoms with Gasteiger partial charge in [0.05, 0.1) is 5.52 Å². The first kappa shape index (κ1) is 19.0. The van der Waals surface area contributed by atoms with E-state index in [1.54, 1.807) is 13.0 Å². The lowest BCUT2D eigenvalue weighted by Gasteiger charge is -2.19. The minimum Gasteiger partial charge on any atom is -0.356 e. The van der Waals surface area contributed by atoms with E-state index < -0.39 is 0 Å². The second kappa shape index (κ2) is 7.47. The number of nitrogens with one attached hydrogen (secondary N) is 1. The van der Waals surface area contributed by atoms with Crippen molar-refractivity contribution in [3.63, 3.8) is 0 Å². The fourth-order valence-electron chi connectivity index (χ4n) is 3.93. The van der Waals surface area contributed by atoms with Crippen molar-refractivity contribution >= 4 is 22.4 Å². The largest absolute Gasteiger partial charge is 0.356 e. The topological polar surface area (TPSA) is 62.3 Å². The Morgan fingerprint density at radius 2 is 1.89 bits per heavy atom. The van der Waals surface area contributed by atoms with Crippen LogP contribution in [0.1, 0.15) is 66.4 Å². The molecule has 3 aromatic rings. The molecule has 0 aliphatic rings. The lowest BCUT2D eigenvalue weighted by Crippen LogP contribution is -2.08. The number of hydrogen-bond acceptors (Lipinski definition) is 3. The molecule has 0 aliphatic carbocycles. The molecular formula is C23H26N2O2. The van der Waals surface area contributed by atoms with E-state index >= 15 is 0 Å². The van der Waals surface area contributed by atoms with Crippen LogP contribution in [-0.2, 0) is 6.42 Å². The first-order chi connectivity index (χ1) is 12.8. The Labute approximate surface area is 160 Å². The van der Waals surface area contributed by atoms with Gasteiger partial charge in [0.15, 0.2) is 5.78 Å². The second-order valence-corrected chi connectivity index (χ2v) is 7.77. The van der Waals surface area contributed by atoms with Gasteiger partial charge in [-0.15, -0.1) is 4.91 Å². The Kier molecular flexibility index (Phi) is 5.26. The number of aryl methyl sites for hydroxylation is 1. The Morgan fingerprint density at radius 1 is 1.15 bits per heavy atom. The number of H-pyrrole nitrogens is 1. The smallest absolute Gasteiger partial charge is 0.160 e. The van der Waals surface area contributed by atoms with Gasteiger partial charge in [-0.05, 0) is 48.6 Å². The average Bonchev–Trinajstić information content (AvgIpc) is 2.97. The van der Waals surface area contributed by atoms with Gasteiger partial charge in [0, 0.05) is 22.6 Å². The fourth-order valence-corrected chi connectivity index (χ4v) is 3.93. The summed E-state index contributed by atoms with van der Waals surface area (Å²) < 4.78 is 0. The first-order valence-electron chi connectivity index (χ1n) is 9.41. The first-order valence-corrected chi connectivity index (χ1v) is 9.41. The van der Waals surface area contributed by atoms with Gasteiger partial charge >= 0.3 is 0 Å².